The van der Waals surface area contributed by atoms with E-state index in [1.54, 1.807) is 18.4 Å². The van der Waals surface area contributed by atoms with Crippen molar-refractivity contribution in [3.05, 3.63) is 47.7 Å². The van der Waals surface area contributed by atoms with Crippen molar-refractivity contribution in [3.63, 3.8) is 0 Å². The van der Waals surface area contributed by atoms with Crippen molar-refractivity contribution in [1.29, 1.82) is 0 Å². The first-order chi connectivity index (χ1) is 8.33. The Morgan fingerprint density at radius 1 is 1.35 bits per heavy atom. The lowest BCUT2D eigenvalue weighted by molar-refractivity contribution is -0.115. The molecule has 4 nitrogen and oxygen atoms in total. The van der Waals surface area contributed by atoms with Gasteiger partial charge in [0.05, 0.1) is 12.2 Å². The normalized spacial score (nSPS) is 19.6. The SMILES string of the molecule is O=C1Nc2ccccc2OC1=CC1=CCN=C1. The summed E-state index contributed by atoms with van der Waals surface area (Å²) >= 11 is 0. The number of ether oxygens (including phenoxy) is 1. The Labute approximate surface area is 98.3 Å². The molecule has 0 fully saturated rings. The van der Waals surface area contributed by atoms with Crippen LogP contribution in [0.15, 0.2) is 52.7 Å². The summed E-state index contributed by atoms with van der Waals surface area (Å²) in [5.41, 5.74) is 1.60. The highest BCUT2D eigenvalue weighted by molar-refractivity contribution is 6.06. The molecule has 84 valence electrons. The Kier molecular flexibility index (Phi) is 2.26. The van der Waals surface area contributed by atoms with E-state index < -0.39 is 0 Å². The van der Waals surface area contributed by atoms with Crippen LogP contribution >= 0.6 is 0 Å². The van der Waals surface area contributed by atoms with Crippen LogP contribution in [0.25, 0.3) is 0 Å². The van der Waals surface area contributed by atoms with Gasteiger partial charge in [0, 0.05) is 6.21 Å². The lowest BCUT2D eigenvalue weighted by atomic mass is 10.2. The van der Waals surface area contributed by atoms with Crippen molar-refractivity contribution in [2.75, 3.05) is 11.9 Å². The van der Waals surface area contributed by atoms with Crippen molar-refractivity contribution in [2.24, 2.45) is 4.99 Å². The number of carbonyl (C=O) groups excluding carboxylic acids is 1. The largest absolute Gasteiger partial charge is 0.449 e. The highest BCUT2D eigenvalue weighted by Gasteiger charge is 2.21. The van der Waals surface area contributed by atoms with Crippen LogP contribution in [0.1, 0.15) is 0 Å². The van der Waals surface area contributed by atoms with E-state index in [0.717, 1.165) is 5.57 Å². The molecule has 3 rings (SSSR count). The summed E-state index contributed by atoms with van der Waals surface area (Å²) in [7, 11) is 0. The summed E-state index contributed by atoms with van der Waals surface area (Å²) in [6.45, 7) is 0.664. The number of carbonyl (C=O) groups is 1. The molecule has 2 aliphatic heterocycles. The summed E-state index contributed by atoms with van der Waals surface area (Å²) in [6.07, 6.45) is 5.36. The molecule has 0 aromatic heterocycles. The fraction of sp³-hybridized carbons (Fsp3) is 0.0769. The molecule has 2 aliphatic rings. The molecular weight excluding hydrogens is 216 g/mol. The van der Waals surface area contributed by atoms with Crippen LogP contribution in [0.4, 0.5) is 5.69 Å². The number of amides is 1. The number of para-hydroxylation sites is 2. The van der Waals surface area contributed by atoms with E-state index in [0.29, 0.717) is 23.7 Å². The molecule has 1 N–H and O–H groups in total. The maximum Gasteiger partial charge on any atom is 0.291 e. The molecule has 1 amide bonds. The minimum absolute atomic E-state index is 0.232. The van der Waals surface area contributed by atoms with E-state index >= 15 is 0 Å². The number of hydrogen-bond donors (Lipinski definition) is 1. The van der Waals surface area contributed by atoms with Crippen LogP contribution in [-0.4, -0.2) is 18.7 Å². The van der Waals surface area contributed by atoms with E-state index in [1.807, 2.05) is 24.3 Å². The number of rotatable bonds is 1. The summed E-state index contributed by atoms with van der Waals surface area (Å²) < 4.78 is 5.55. The predicted octanol–water partition coefficient (Wildman–Crippen LogP) is 1.91. The molecule has 0 saturated heterocycles. The zero-order chi connectivity index (χ0) is 11.7. The average Bonchev–Trinajstić information content (AvgIpc) is 2.83. The van der Waals surface area contributed by atoms with E-state index in [4.69, 9.17) is 4.74 Å². The van der Waals surface area contributed by atoms with Gasteiger partial charge in [0.15, 0.2) is 11.5 Å². The Balaban J connectivity index is 1.94. The van der Waals surface area contributed by atoms with Gasteiger partial charge in [0.1, 0.15) is 0 Å². The summed E-state index contributed by atoms with van der Waals surface area (Å²) in [5.74, 6) is 0.724. The number of benzene rings is 1. The maximum atomic E-state index is 11.8. The van der Waals surface area contributed by atoms with Crippen LogP contribution in [-0.2, 0) is 4.79 Å². The smallest absolute Gasteiger partial charge is 0.291 e. The van der Waals surface area contributed by atoms with E-state index in [-0.39, 0.29) is 5.91 Å². The molecule has 2 heterocycles. The zero-order valence-corrected chi connectivity index (χ0v) is 9.01. The molecular formula is C13H10N2O2. The monoisotopic (exact) mass is 226 g/mol. The second-order valence-electron chi connectivity index (χ2n) is 3.76. The van der Waals surface area contributed by atoms with Crippen LogP contribution in [0, 0.1) is 0 Å². The second kappa shape index (κ2) is 3.90. The van der Waals surface area contributed by atoms with Crippen molar-refractivity contribution in [3.8, 4) is 5.75 Å². The molecule has 0 unspecified atom stereocenters. The van der Waals surface area contributed by atoms with Gasteiger partial charge in [-0.05, 0) is 23.8 Å². The van der Waals surface area contributed by atoms with Crippen molar-refractivity contribution >= 4 is 17.8 Å². The standard InChI is InChI=1S/C13H10N2O2/c16-13-12(7-9-5-6-14-8-9)17-11-4-2-1-3-10(11)15-13/h1-5,7-8H,6H2,(H,15,16). The van der Waals surface area contributed by atoms with Gasteiger partial charge >= 0.3 is 0 Å². The van der Waals surface area contributed by atoms with Crippen LogP contribution < -0.4 is 10.1 Å². The minimum atomic E-state index is -0.232. The first-order valence-corrected chi connectivity index (χ1v) is 5.33. The molecule has 0 bridgehead atoms. The number of hydrogen-bond acceptors (Lipinski definition) is 3. The summed E-state index contributed by atoms with van der Waals surface area (Å²) in [4.78, 5) is 15.8. The van der Waals surface area contributed by atoms with Gasteiger partial charge in [-0.25, -0.2) is 0 Å². The fourth-order valence-corrected chi connectivity index (χ4v) is 1.72. The van der Waals surface area contributed by atoms with Crippen LogP contribution in [0.3, 0.4) is 0 Å². The number of nitrogens with zero attached hydrogens (tertiary/aromatic N) is 1. The highest BCUT2D eigenvalue weighted by Crippen LogP contribution is 2.30. The van der Waals surface area contributed by atoms with Gasteiger partial charge in [-0.3, -0.25) is 9.79 Å². The molecule has 1 aromatic rings. The van der Waals surface area contributed by atoms with Crippen molar-refractivity contribution in [1.82, 2.24) is 0 Å². The molecule has 0 aliphatic carbocycles. The summed E-state index contributed by atoms with van der Waals surface area (Å²) in [6, 6.07) is 7.34. The lowest BCUT2D eigenvalue weighted by Crippen LogP contribution is -2.23. The van der Waals surface area contributed by atoms with Gasteiger partial charge in [0.2, 0.25) is 0 Å². The first-order valence-electron chi connectivity index (χ1n) is 5.33. The minimum Gasteiger partial charge on any atom is -0.449 e. The lowest BCUT2D eigenvalue weighted by Gasteiger charge is -2.19. The van der Waals surface area contributed by atoms with Gasteiger partial charge in [0.25, 0.3) is 5.91 Å². The Morgan fingerprint density at radius 3 is 3.06 bits per heavy atom. The van der Waals surface area contributed by atoms with Crippen LogP contribution in [0.2, 0.25) is 0 Å². The molecule has 0 atom stereocenters. The van der Waals surface area contributed by atoms with E-state index in [2.05, 4.69) is 10.3 Å². The number of anilines is 1. The Bertz CT molecular complexity index is 571. The van der Waals surface area contributed by atoms with Gasteiger partial charge in [-0.2, -0.15) is 0 Å². The third kappa shape index (κ3) is 1.85. The van der Waals surface area contributed by atoms with Gasteiger partial charge in [-0.1, -0.05) is 18.2 Å². The number of nitrogens with one attached hydrogen (secondary N) is 1. The zero-order valence-electron chi connectivity index (χ0n) is 9.01. The maximum absolute atomic E-state index is 11.8. The summed E-state index contributed by atoms with van der Waals surface area (Å²) in [5, 5.41) is 2.78. The third-order valence-corrected chi connectivity index (χ3v) is 2.55. The number of fused-ring (bicyclic) bond motifs is 1. The number of allylic oxidation sites excluding steroid dienone is 2. The molecule has 0 spiro atoms. The Hall–Kier alpha value is -2.36. The highest BCUT2D eigenvalue weighted by atomic mass is 16.5. The average molecular weight is 226 g/mol. The quantitative estimate of drug-likeness (QED) is 0.744. The molecule has 0 radical (unpaired) electrons. The third-order valence-electron chi connectivity index (χ3n) is 2.55. The topological polar surface area (TPSA) is 50.7 Å². The van der Waals surface area contributed by atoms with E-state index in [1.165, 1.54) is 0 Å². The van der Waals surface area contributed by atoms with Crippen LogP contribution in [0.5, 0.6) is 5.75 Å². The first kappa shape index (κ1) is 9.84. The molecule has 4 heteroatoms. The predicted molar refractivity (Wildman–Crippen MR) is 65.2 cm³/mol. The second-order valence-corrected chi connectivity index (χ2v) is 3.76. The van der Waals surface area contributed by atoms with Crippen molar-refractivity contribution in [2.45, 2.75) is 0 Å². The molecule has 1 aromatic carbocycles. The van der Waals surface area contributed by atoms with Gasteiger partial charge in [-0.15, -0.1) is 0 Å². The molecule has 0 saturated carbocycles. The number of aliphatic imine (C=N–C) groups is 1. The van der Waals surface area contributed by atoms with E-state index in [9.17, 15) is 4.79 Å². The Morgan fingerprint density at radius 2 is 2.24 bits per heavy atom. The van der Waals surface area contributed by atoms with Gasteiger partial charge < -0.3 is 10.1 Å². The molecule has 17 heavy (non-hydrogen) atoms. The fourth-order valence-electron chi connectivity index (χ4n) is 1.72. The van der Waals surface area contributed by atoms with Crippen molar-refractivity contribution < 1.29 is 9.53 Å².